The van der Waals surface area contributed by atoms with Gasteiger partial charge in [-0.05, 0) is 48.2 Å². The van der Waals surface area contributed by atoms with Crippen LogP contribution in [0, 0.1) is 6.92 Å². The van der Waals surface area contributed by atoms with E-state index in [4.69, 9.17) is 11.6 Å². The number of nitrogens with zero attached hydrogens (tertiary/aromatic N) is 3. The molecule has 3 rings (SSSR count). The van der Waals surface area contributed by atoms with Gasteiger partial charge in [-0.3, -0.25) is 4.98 Å². The molecule has 0 aromatic carbocycles. The molecule has 1 N–H and O–H groups in total. The van der Waals surface area contributed by atoms with Crippen LogP contribution >= 0.6 is 22.9 Å². The van der Waals surface area contributed by atoms with Gasteiger partial charge in [0.05, 0.1) is 5.39 Å². The lowest BCUT2D eigenvalue weighted by molar-refractivity contribution is 1.06. The Morgan fingerprint density at radius 2 is 2.19 bits per heavy atom. The number of hydrogen-bond donors (Lipinski definition) is 1. The summed E-state index contributed by atoms with van der Waals surface area (Å²) in [6, 6.07) is 4.13. The van der Waals surface area contributed by atoms with Crippen molar-refractivity contribution < 1.29 is 0 Å². The van der Waals surface area contributed by atoms with Crippen molar-refractivity contribution in [3.8, 4) is 0 Å². The highest BCUT2D eigenvalue weighted by molar-refractivity contribution is 7.18. The van der Waals surface area contributed by atoms with Crippen LogP contribution in [0.25, 0.3) is 10.2 Å². The van der Waals surface area contributed by atoms with Crippen LogP contribution in [0.15, 0.2) is 24.5 Å². The summed E-state index contributed by atoms with van der Waals surface area (Å²) in [5.41, 5.74) is 2.35. The smallest absolute Gasteiger partial charge is 0.225 e. The third kappa shape index (κ3) is 2.99. The fourth-order valence-corrected chi connectivity index (χ4v) is 3.30. The number of halogens is 1. The molecule has 0 spiro atoms. The van der Waals surface area contributed by atoms with E-state index in [1.165, 1.54) is 10.4 Å². The van der Waals surface area contributed by atoms with Crippen LogP contribution in [-0.2, 0) is 13.0 Å². The van der Waals surface area contributed by atoms with Gasteiger partial charge in [-0.1, -0.05) is 6.92 Å². The predicted molar refractivity (Wildman–Crippen MR) is 88.1 cm³/mol. The first-order valence-electron chi connectivity index (χ1n) is 6.76. The fraction of sp³-hybridized carbons (Fsp3) is 0.267. The van der Waals surface area contributed by atoms with Crippen LogP contribution in [0.4, 0.5) is 5.82 Å². The average Bonchev–Trinajstić information content (AvgIpc) is 2.89. The standard InChI is InChI=1S/C15H15ClN4S/c1-3-11-6-12-13(19-15(16)20-14(12)21-11)18-8-10-7-17-5-4-9(10)2/h4-7H,3,8H2,1-2H3,(H,18,19,20). The normalized spacial score (nSPS) is 11.0. The van der Waals surface area contributed by atoms with Gasteiger partial charge >= 0.3 is 0 Å². The molecule has 0 saturated heterocycles. The molecule has 108 valence electrons. The Labute approximate surface area is 132 Å². The zero-order valence-electron chi connectivity index (χ0n) is 11.9. The SMILES string of the molecule is CCc1cc2c(NCc3cnccc3C)nc(Cl)nc2s1. The second kappa shape index (κ2) is 5.95. The van der Waals surface area contributed by atoms with Crippen molar-refractivity contribution in [3.05, 3.63) is 45.8 Å². The van der Waals surface area contributed by atoms with Crippen molar-refractivity contribution in [1.82, 2.24) is 15.0 Å². The summed E-state index contributed by atoms with van der Waals surface area (Å²) >= 11 is 7.68. The van der Waals surface area contributed by atoms with E-state index in [-0.39, 0.29) is 5.28 Å². The van der Waals surface area contributed by atoms with Crippen molar-refractivity contribution in [3.63, 3.8) is 0 Å². The zero-order chi connectivity index (χ0) is 14.8. The van der Waals surface area contributed by atoms with Crippen molar-refractivity contribution in [2.75, 3.05) is 5.32 Å². The number of hydrogen-bond acceptors (Lipinski definition) is 5. The highest BCUT2D eigenvalue weighted by atomic mass is 35.5. The van der Waals surface area contributed by atoms with Crippen LogP contribution in [0.2, 0.25) is 5.28 Å². The van der Waals surface area contributed by atoms with Crippen LogP contribution in [-0.4, -0.2) is 15.0 Å². The molecule has 0 amide bonds. The maximum absolute atomic E-state index is 6.02. The Bertz CT molecular complexity index is 784. The molecular formula is C15H15ClN4S. The quantitative estimate of drug-likeness (QED) is 0.732. The molecule has 0 aliphatic carbocycles. The van der Waals surface area contributed by atoms with Gasteiger partial charge in [-0.15, -0.1) is 11.3 Å². The molecule has 0 aliphatic heterocycles. The summed E-state index contributed by atoms with van der Waals surface area (Å²) in [4.78, 5) is 15.0. The number of aromatic nitrogens is 3. The second-order valence-corrected chi connectivity index (χ2v) is 6.24. The van der Waals surface area contributed by atoms with Crippen LogP contribution < -0.4 is 5.32 Å². The van der Waals surface area contributed by atoms with Crippen LogP contribution in [0.5, 0.6) is 0 Å². The Morgan fingerprint density at radius 1 is 1.33 bits per heavy atom. The van der Waals surface area contributed by atoms with Gasteiger partial charge in [0.2, 0.25) is 5.28 Å². The van der Waals surface area contributed by atoms with Gasteiger partial charge in [0, 0.05) is 23.8 Å². The Balaban J connectivity index is 1.93. The van der Waals surface area contributed by atoms with E-state index in [9.17, 15) is 0 Å². The highest BCUT2D eigenvalue weighted by Gasteiger charge is 2.10. The minimum Gasteiger partial charge on any atom is -0.365 e. The third-order valence-corrected chi connectivity index (χ3v) is 4.70. The zero-order valence-corrected chi connectivity index (χ0v) is 13.4. The summed E-state index contributed by atoms with van der Waals surface area (Å²) in [5.74, 6) is 0.782. The van der Waals surface area contributed by atoms with Crippen molar-refractivity contribution in [2.45, 2.75) is 26.8 Å². The summed E-state index contributed by atoms with van der Waals surface area (Å²) in [7, 11) is 0. The lowest BCUT2D eigenvalue weighted by atomic mass is 10.1. The van der Waals surface area contributed by atoms with E-state index in [1.54, 1.807) is 17.5 Å². The van der Waals surface area contributed by atoms with Gasteiger partial charge in [0.25, 0.3) is 0 Å². The number of pyridine rings is 1. The number of anilines is 1. The first-order chi connectivity index (χ1) is 10.2. The van der Waals surface area contributed by atoms with E-state index in [1.807, 2.05) is 12.3 Å². The molecule has 6 heteroatoms. The van der Waals surface area contributed by atoms with Crippen molar-refractivity contribution in [2.24, 2.45) is 0 Å². The maximum Gasteiger partial charge on any atom is 0.225 e. The second-order valence-electron chi connectivity index (χ2n) is 4.78. The van der Waals surface area contributed by atoms with E-state index in [0.717, 1.165) is 28.0 Å². The summed E-state index contributed by atoms with van der Waals surface area (Å²) < 4.78 is 0. The topological polar surface area (TPSA) is 50.7 Å². The number of rotatable bonds is 4. The fourth-order valence-electron chi connectivity index (χ4n) is 2.12. The number of thiophene rings is 1. The van der Waals surface area contributed by atoms with E-state index < -0.39 is 0 Å². The van der Waals surface area contributed by atoms with Crippen molar-refractivity contribution >= 4 is 39.0 Å². The van der Waals surface area contributed by atoms with E-state index in [2.05, 4.69) is 40.2 Å². The largest absolute Gasteiger partial charge is 0.365 e. The maximum atomic E-state index is 6.02. The highest BCUT2D eigenvalue weighted by Crippen LogP contribution is 2.30. The molecule has 4 nitrogen and oxygen atoms in total. The first kappa shape index (κ1) is 14.2. The van der Waals surface area contributed by atoms with Gasteiger partial charge < -0.3 is 5.32 Å². The molecule has 0 saturated carbocycles. The Morgan fingerprint density at radius 3 is 2.95 bits per heavy atom. The molecule has 3 heterocycles. The molecule has 0 atom stereocenters. The summed E-state index contributed by atoms with van der Waals surface area (Å²) in [6.45, 7) is 4.87. The molecular weight excluding hydrogens is 304 g/mol. The predicted octanol–water partition coefficient (Wildman–Crippen LogP) is 4.22. The lowest BCUT2D eigenvalue weighted by Gasteiger charge is -2.08. The van der Waals surface area contributed by atoms with Gasteiger partial charge in [0.1, 0.15) is 10.6 Å². The summed E-state index contributed by atoms with van der Waals surface area (Å²) in [5, 5.41) is 4.66. The average molecular weight is 319 g/mol. The van der Waals surface area contributed by atoms with Gasteiger partial charge in [-0.2, -0.15) is 0 Å². The minimum absolute atomic E-state index is 0.275. The third-order valence-electron chi connectivity index (χ3n) is 3.36. The number of nitrogens with one attached hydrogen (secondary N) is 1. The molecule has 0 radical (unpaired) electrons. The van der Waals surface area contributed by atoms with Gasteiger partial charge in [-0.25, -0.2) is 9.97 Å². The van der Waals surface area contributed by atoms with Gasteiger partial charge in [0.15, 0.2) is 0 Å². The minimum atomic E-state index is 0.275. The van der Waals surface area contributed by atoms with E-state index in [0.29, 0.717) is 6.54 Å². The molecule has 21 heavy (non-hydrogen) atoms. The molecule has 0 unspecified atom stereocenters. The van der Waals surface area contributed by atoms with Crippen LogP contribution in [0.1, 0.15) is 22.9 Å². The monoisotopic (exact) mass is 318 g/mol. The Kier molecular flexibility index (Phi) is 4.03. The molecule has 3 aromatic heterocycles. The van der Waals surface area contributed by atoms with Crippen molar-refractivity contribution in [1.29, 1.82) is 0 Å². The number of fused-ring (bicyclic) bond motifs is 1. The first-order valence-corrected chi connectivity index (χ1v) is 7.96. The molecule has 0 aliphatic rings. The lowest BCUT2D eigenvalue weighted by Crippen LogP contribution is -2.04. The Hall–Kier alpha value is -1.72. The van der Waals surface area contributed by atoms with Crippen LogP contribution in [0.3, 0.4) is 0 Å². The molecule has 3 aromatic rings. The summed E-state index contributed by atoms with van der Waals surface area (Å²) in [6.07, 6.45) is 4.65. The number of aryl methyl sites for hydroxylation is 2. The molecule has 0 bridgehead atoms. The molecule has 0 fully saturated rings. The van der Waals surface area contributed by atoms with E-state index >= 15 is 0 Å².